The van der Waals surface area contributed by atoms with Gasteiger partial charge in [-0.1, -0.05) is 44.2 Å². The fraction of sp³-hybridized carbons (Fsp3) is 0.318. The molecule has 4 amide bonds. The average molecular weight is 377 g/mol. The van der Waals surface area contributed by atoms with E-state index in [9.17, 15) is 14.4 Å². The van der Waals surface area contributed by atoms with Gasteiger partial charge in [-0.15, -0.1) is 0 Å². The molecule has 2 aliphatic rings. The van der Waals surface area contributed by atoms with Gasteiger partial charge < -0.3 is 4.90 Å². The smallest absolute Gasteiger partial charge is 0.329 e. The molecular formula is C22H23N3O3. The fourth-order valence-corrected chi connectivity index (χ4v) is 4.15. The minimum absolute atomic E-state index is 0.00516. The molecule has 1 N–H and O–H groups in total. The van der Waals surface area contributed by atoms with Crippen LogP contribution in [0.5, 0.6) is 0 Å². The lowest BCUT2D eigenvalue weighted by molar-refractivity contribution is -0.117. The highest BCUT2D eigenvalue weighted by molar-refractivity contribution is 6.12. The topological polar surface area (TPSA) is 69.7 Å². The number of benzene rings is 2. The van der Waals surface area contributed by atoms with Crippen molar-refractivity contribution in [2.45, 2.75) is 19.8 Å². The number of rotatable bonds is 3. The number of imide groups is 1. The molecule has 0 aromatic heterocycles. The summed E-state index contributed by atoms with van der Waals surface area (Å²) in [4.78, 5) is 39.4. The number of hydrogen-bond acceptors (Lipinski definition) is 3. The monoisotopic (exact) mass is 377 g/mol. The van der Waals surface area contributed by atoms with Gasteiger partial charge in [0.25, 0.3) is 5.91 Å². The molecule has 6 heteroatoms. The van der Waals surface area contributed by atoms with Gasteiger partial charge in [-0.3, -0.25) is 19.8 Å². The molecule has 0 saturated carbocycles. The highest BCUT2D eigenvalue weighted by atomic mass is 16.2. The normalized spacial score (nSPS) is 21.1. The van der Waals surface area contributed by atoms with Gasteiger partial charge in [-0.05, 0) is 35.2 Å². The number of hydrogen-bond donors (Lipinski definition) is 1. The summed E-state index contributed by atoms with van der Waals surface area (Å²) in [5.74, 6) is -0.0485. The summed E-state index contributed by atoms with van der Waals surface area (Å²) in [7, 11) is 0. The van der Waals surface area contributed by atoms with Crippen LogP contribution < -0.4 is 10.2 Å². The quantitative estimate of drug-likeness (QED) is 0.836. The average Bonchev–Trinajstić information content (AvgIpc) is 3.19. The first-order chi connectivity index (χ1) is 13.3. The van der Waals surface area contributed by atoms with Gasteiger partial charge >= 0.3 is 6.03 Å². The summed E-state index contributed by atoms with van der Waals surface area (Å²) in [5, 5.41) is 2.25. The molecule has 0 aliphatic carbocycles. The summed E-state index contributed by atoms with van der Waals surface area (Å²) >= 11 is 0. The van der Waals surface area contributed by atoms with Crippen LogP contribution in [0, 0.1) is 5.41 Å². The second-order valence-electron chi connectivity index (χ2n) is 8.12. The van der Waals surface area contributed by atoms with E-state index in [0.717, 1.165) is 0 Å². The van der Waals surface area contributed by atoms with Crippen LogP contribution in [0.25, 0.3) is 0 Å². The molecule has 144 valence electrons. The molecule has 2 aromatic rings. The Hall–Kier alpha value is -3.15. The van der Waals surface area contributed by atoms with E-state index in [1.54, 1.807) is 24.3 Å². The largest absolute Gasteiger partial charge is 0.337 e. The molecule has 2 saturated heterocycles. The zero-order chi connectivity index (χ0) is 19.9. The third kappa shape index (κ3) is 3.26. The maximum absolute atomic E-state index is 13.0. The number of amides is 4. The van der Waals surface area contributed by atoms with E-state index in [1.807, 2.05) is 23.1 Å². The van der Waals surface area contributed by atoms with Gasteiger partial charge in [0.2, 0.25) is 5.91 Å². The standard InChI is InChI=1S/C22H23N3O3/c1-22(2)14-24(12-18(22)15-6-4-3-5-7-15)20(27)16-8-10-17(11-9-16)25-13-19(26)23-21(25)28/h3-11,18H,12-14H2,1-2H3,(H,23,26,28)/t18-/m0/s1. The van der Waals surface area contributed by atoms with E-state index < -0.39 is 6.03 Å². The molecular weight excluding hydrogens is 354 g/mol. The first-order valence-electron chi connectivity index (χ1n) is 9.41. The molecule has 0 spiro atoms. The van der Waals surface area contributed by atoms with Crippen molar-refractivity contribution in [3.8, 4) is 0 Å². The van der Waals surface area contributed by atoms with E-state index in [2.05, 4.69) is 31.3 Å². The number of anilines is 1. The van der Waals surface area contributed by atoms with Crippen LogP contribution in [0.3, 0.4) is 0 Å². The zero-order valence-corrected chi connectivity index (χ0v) is 16.0. The Morgan fingerprint density at radius 2 is 1.71 bits per heavy atom. The van der Waals surface area contributed by atoms with Crippen LogP contribution in [0.4, 0.5) is 10.5 Å². The maximum atomic E-state index is 13.0. The highest BCUT2D eigenvalue weighted by Gasteiger charge is 2.42. The number of carbonyl (C=O) groups excluding carboxylic acids is 3. The summed E-state index contributed by atoms with van der Waals surface area (Å²) in [6, 6.07) is 16.7. The van der Waals surface area contributed by atoms with E-state index in [0.29, 0.717) is 24.3 Å². The second kappa shape index (κ2) is 6.78. The van der Waals surface area contributed by atoms with E-state index >= 15 is 0 Å². The molecule has 6 nitrogen and oxygen atoms in total. The maximum Gasteiger partial charge on any atom is 0.329 e. The first-order valence-corrected chi connectivity index (χ1v) is 9.41. The van der Waals surface area contributed by atoms with Gasteiger partial charge in [0.05, 0.1) is 0 Å². The van der Waals surface area contributed by atoms with Gasteiger partial charge in [-0.2, -0.15) is 0 Å². The van der Waals surface area contributed by atoms with E-state index in [4.69, 9.17) is 0 Å². The summed E-state index contributed by atoms with van der Waals surface area (Å²) < 4.78 is 0. The predicted octanol–water partition coefficient (Wildman–Crippen LogP) is 3.01. The summed E-state index contributed by atoms with van der Waals surface area (Å²) in [5.41, 5.74) is 2.43. The Labute approximate surface area is 164 Å². The number of nitrogens with zero attached hydrogens (tertiary/aromatic N) is 2. The third-order valence-electron chi connectivity index (χ3n) is 5.65. The van der Waals surface area contributed by atoms with Crippen molar-refractivity contribution in [2.24, 2.45) is 5.41 Å². The van der Waals surface area contributed by atoms with Crippen molar-refractivity contribution >= 4 is 23.5 Å². The lowest BCUT2D eigenvalue weighted by atomic mass is 9.78. The van der Waals surface area contributed by atoms with Gasteiger partial charge in [-0.25, -0.2) is 4.79 Å². The van der Waals surface area contributed by atoms with E-state index in [1.165, 1.54) is 10.5 Å². The van der Waals surface area contributed by atoms with Crippen molar-refractivity contribution in [3.63, 3.8) is 0 Å². The van der Waals surface area contributed by atoms with Crippen molar-refractivity contribution < 1.29 is 14.4 Å². The predicted molar refractivity (Wildman–Crippen MR) is 106 cm³/mol. The fourth-order valence-electron chi connectivity index (χ4n) is 4.15. The molecule has 2 fully saturated rings. The van der Waals surface area contributed by atoms with Gasteiger partial charge in [0.15, 0.2) is 0 Å². The van der Waals surface area contributed by atoms with Crippen LogP contribution in [-0.4, -0.2) is 42.4 Å². The van der Waals surface area contributed by atoms with Crippen LogP contribution >= 0.6 is 0 Å². The lowest BCUT2D eigenvalue weighted by Crippen LogP contribution is -2.30. The van der Waals surface area contributed by atoms with Crippen molar-refractivity contribution in [1.82, 2.24) is 10.2 Å². The molecule has 28 heavy (non-hydrogen) atoms. The molecule has 2 aromatic carbocycles. The van der Waals surface area contributed by atoms with Crippen molar-refractivity contribution in [3.05, 3.63) is 65.7 Å². The summed E-state index contributed by atoms with van der Waals surface area (Å²) in [6.07, 6.45) is 0. The van der Waals surface area contributed by atoms with E-state index in [-0.39, 0.29) is 29.7 Å². The Morgan fingerprint density at radius 1 is 1.04 bits per heavy atom. The molecule has 0 bridgehead atoms. The van der Waals surface area contributed by atoms with Gasteiger partial charge in [0.1, 0.15) is 6.54 Å². The Morgan fingerprint density at radius 3 is 2.32 bits per heavy atom. The van der Waals surface area contributed by atoms with Crippen LogP contribution in [-0.2, 0) is 4.79 Å². The van der Waals surface area contributed by atoms with Crippen molar-refractivity contribution in [2.75, 3.05) is 24.5 Å². The SMILES string of the molecule is CC1(C)CN(C(=O)c2ccc(N3CC(=O)NC3=O)cc2)C[C@H]1c1ccccc1. The molecule has 0 radical (unpaired) electrons. The minimum Gasteiger partial charge on any atom is -0.337 e. The Balaban J connectivity index is 1.50. The zero-order valence-electron chi connectivity index (χ0n) is 16.0. The summed E-state index contributed by atoms with van der Waals surface area (Å²) in [6.45, 7) is 5.77. The third-order valence-corrected chi connectivity index (χ3v) is 5.65. The van der Waals surface area contributed by atoms with Gasteiger partial charge in [0, 0.05) is 30.3 Å². The minimum atomic E-state index is -0.434. The van der Waals surface area contributed by atoms with Crippen LogP contribution in [0.15, 0.2) is 54.6 Å². The Bertz CT molecular complexity index is 922. The molecule has 1 atom stereocenters. The number of nitrogens with one attached hydrogen (secondary N) is 1. The second-order valence-corrected chi connectivity index (χ2v) is 8.12. The molecule has 4 rings (SSSR count). The van der Waals surface area contributed by atoms with Crippen LogP contribution in [0.1, 0.15) is 35.7 Å². The highest BCUT2D eigenvalue weighted by Crippen LogP contribution is 2.42. The molecule has 2 aliphatic heterocycles. The first kappa shape index (κ1) is 18.2. The number of carbonyl (C=O) groups is 3. The molecule has 2 heterocycles. The van der Waals surface area contributed by atoms with Crippen LogP contribution in [0.2, 0.25) is 0 Å². The Kier molecular flexibility index (Phi) is 4.41. The number of likely N-dealkylation sites (tertiary alicyclic amines) is 1. The molecule has 0 unspecified atom stereocenters. The lowest BCUT2D eigenvalue weighted by Gasteiger charge is -2.25. The van der Waals surface area contributed by atoms with Crippen molar-refractivity contribution in [1.29, 1.82) is 0 Å². The number of urea groups is 1.